The average Bonchev–Trinajstić information content (AvgIpc) is 2.89. The molecule has 1 aliphatic rings. The van der Waals surface area contributed by atoms with Gasteiger partial charge in [-0.1, -0.05) is 30.3 Å². The van der Waals surface area contributed by atoms with Gasteiger partial charge >= 0.3 is 6.03 Å². The molecule has 0 saturated heterocycles. The predicted octanol–water partition coefficient (Wildman–Crippen LogP) is 3.06. The fraction of sp³-hybridized carbons (Fsp3) is 0.0714. The highest BCUT2D eigenvalue weighted by Gasteiger charge is 2.20. The van der Waals surface area contributed by atoms with Gasteiger partial charge in [0, 0.05) is 16.0 Å². The molecule has 2 N–H and O–H groups in total. The molecule has 5 heteroatoms. The summed E-state index contributed by atoms with van der Waals surface area (Å²) in [6, 6.07) is 13.6. The minimum absolute atomic E-state index is 0.194. The van der Waals surface area contributed by atoms with Gasteiger partial charge in [-0.05, 0) is 17.7 Å². The molecule has 0 fully saturated rings. The summed E-state index contributed by atoms with van der Waals surface area (Å²) in [4.78, 5) is 20.6. The predicted molar refractivity (Wildman–Crippen MR) is 78.0 cm³/mol. The lowest BCUT2D eigenvalue weighted by molar-refractivity contribution is 0.257. The molecule has 2 aromatic rings. The average molecular weight is 269 g/mol. The standard InChI is InChI=1S/C14H11N3OS/c15-13-10(8-16-14(18)17-13)12-7-6-11(19-12)9-4-2-1-3-5-9/h1-8,10H,(H2,15,17,18). The number of hydrogen-bond donors (Lipinski definition) is 1. The van der Waals surface area contributed by atoms with E-state index in [0.29, 0.717) is 5.84 Å². The van der Waals surface area contributed by atoms with E-state index in [1.807, 2.05) is 30.3 Å². The lowest BCUT2D eigenvalue weighted by atomic mass is 10.1. The number of amidine groups is 1. The Bertz CT molecular complexity index is 673. The van der Waals surface area contributed by atoms with E-state index >= 15 is 0 Å². The third kappa shape index (κ3) is 2.32. The number of carbonyl (C=O) groups is 1. The van der Waals surface area contributed by atoms with E-state index in [2.05, 4.69) is 22.1 Å². The fourth-order valence-corrected chi connectivity index (χ4v) is 3.01. The molecule has 4 nitrogen and oxygen atoms in total. The molecule has 0 spiro atoms. The zero-order valence-electron chi connectivity index (χ0n) is 9.98. The van der Waals surface area contributed by atoms with Crippen LogP contribution in [0.5, 0.6) is 0 Å². The van der Waals surface area contributed by atoms with Crippen molar-refractivity contribution >= 4 is 29.4 Å². The maximum absolute atomic E-state index is 11.0. The highest BCUT2D eigenvalue weighted by molar-refractivity contribution is 7.15. The number of carbonyl (C=O) groups excluding carboxylic acids is 1. The second kappa shape index (κ2) is 4.78. The van der Waals surface area contributed by atoms with Gasteiger partial charge < -0.3 is 5.73 Å². The molecule has 2 heterocycles. The largest absolute Gasteiger partial charge is 0.386 e. The lowest BCUT2D eigenvalue weighted by Crippen LogP contribution is -2.26. The molecule has 1 atom stereocenters. The first-order valence-corrected chi connectivity index (χ1v) is 6.63. The number of hydrogen-bond acceptors (Lipinski definition) is 3. The van der Waals surface area contributed by atoms with Crippen molar-refractivity contribution in [2.24, 2.45) is 15.7 Å². The number of aliphatic imine (C=N–C) groups is 2. The maximum Gasteiger partial charge on any atom is 0.368 e. The number of nitrogens with zero attached hydrogens (tertiary/aromatic N) is 2. The Labute approximate surface area is 114 Å². The van der Waals surface area contributed by atoms with Crippen molar-refractivity contribution in [1.29, 1.82) is 0 Å². The Hall–Kier alpha value is -2.27. The molecule has 2 amide bonds. The summed E-state index contributed by atoms with van der Waals surface area (Å²) in [5.41, 5.74) is 6.96. The molecular weight excluding hydrogens is 258 g/mol. The van der Waals surface area contributed by atoms with E-state index in [0.717, 1.165) is 15.3 Å². The van der Waals surface area contributed by atoms with Gasteiger partial charge in [0.1, 0.15) is 5.84 Å². The van der Waals surface area contributed by atoms with Crippen LogP contribution in [0, 0.1) is 0 Å². The molecule has 1 aromatic carbocycles. The Morgan fingerprint density at radius 1 is 1.11 bits per heavy atom. The number of amides is 2. The lowest BCUT2D eigenvalue weighted by Gasteiger charge is -2.11. The first-order valence-electron chi connectivity index (χ1n) is 5.81. The monoisotopic (exact) mass is 269 g/mol. The third-order valence-electron chi connectivity index (χ3n) is 2.87. The zero-order chi connectivity index (χ0) is 13.2. The molecule has 1 aromatic heterocycles. The Morgan fingerprint density at radius 2 is 1.89 bits per heavy atom. The van der Waals surface area contributed by atoms with Gasteiger partial charge in [-0.3, -0.25) is 0 Å². The maximum atomic E-state index is 11.0. The third-order valence-corrected chi connectivity index (χ3v) is 4.09. The minimum atomic E-state index is -0.534. The minimum Gasteiger partial charge on any atom is -0.386 e. The van der Waals surface area contributed by atoms with Crippen LogP contribution in [-0.2, 0) is 0 Å². The van der Waals surface area contributed by atoms with Crippen LogP contribution in [0.1, 0.15) is 10.8 Å². The van der Waals surface area contributed by atoms with Gasteiger partial charge in [-0.25, -0.2) is 9.79 Å². The van der Waals surface area contributed by atoms with Crippen molar-refractivity contribution in [2.45, 2.75) is 5.92 Å². The van der Waals surface area contributed by atoms with E-state index in [4.69, 9.17) is 5.73 Å². The van der Waals surface area contributed by atoms with Crippen molar-refractivity contribution in [3.05, 3.63) is 47.3 Å². The van der Waals surface area contributed by atoms with Gasteiger partial charge in [0.05, 0.1) is 5.92 Å². The molecule has 1 unspecified atom stereocenters. The van der Waals surface area contributed by atoms with Crippen LogP contribution in [0.25, 0.3) is 10.4 Å². The van der Waals surface area contributed by atoms with E-state index in [1.165, 1.54) is 0 Å². The summed E-state index contributed by atoms with van der Waals surface area (Å²) in [6.07, 6.45) is 1.56. The van der Waals surface area contributed by atoms with Crippen LogP contribution >= 0.6 is 11.3 Å². The van der Waals surface area contributed by atoms with E-state index in [9.17, 15) is 4.79 Å². The molecule has 0 aliphatic carbocycles. The molecule has 1 aliphatic heterocycles. The summed E-state index contributed by atoms with van der Waals surface area (Å²) in [5, 5.41) is 0. The van der Waals surface area contributed by atoms with Crippen LogP contribution in [0.15, 0.2) is 52.4 Å². The Balaban J connectivity index is 1.92. The summed E-state index contributed by atoms with van der Waals surface area (Å²) < 4.78 is 0. The van der Waals surface area contributed by atoms with Crippen LogP contribution in [0.2, 0.25) is 0 Å². The van der Waals surface area contributed by atoms with Crippen LogP contribution in [0.4, 0.5) is 4.79 Å². The zero-order valence-corrected chi connectivity index (χ0v) is 10.8. The topological polar surface area (TPSA) is 67.8 Å². The highest BCUT2D eigenvalue weighted by atomic mass is 32.1. The fourth-order valence-electron chi connectivity index (χ4n) is 1.92. The Kier molecular flexibility index (Phi) is 2.97. The summed E-state index contributed by atoms with van der Waals surface area (Å²) in [7, 11) is 0. The van der Waals surface area contributed by atoms with Gasteiger partial charge in [-0.15, -0.1) is 11.3 Å². The SMILES string of the molecule is NC1=NC(=O)N=CC1c1ccc(-c2ccccc2)s1. The molecular formula is C14H11N3OS. The molecule has 3 rings (SSSR count). The van der Waals surface area contributed by atoms with Crippen LogP contribution in [0.3, 0.4) is 0 Å². The second-order valence-electron chi connectivity index (χ2n) is 4.14. The molecule has 94 valence electrons. The molecule has 0 radical (unpaired) electrons. The van der Waals surface area contributed by atoms with Gasteiger partial charge in [0.15, 0.2) is 0 Å². The Morgan fingerprint density at radius 3 is 2.63 bits per heavy atom. The highest BCUT2D eigenvalue weighted by Crippen LogP contribution is 2.32. The number of benzene rings is 1. The first-order chi connectivity index (χ1) is 9.24. The van der Waals surface area contributed by atoms with Crippen LogP contribution < -0.4 is 5.73 Å². The van der Waals surface area contributed by atoms with Crippen molar-refractivity contribution in [2.75, 3.05) is 0 Å². The van der Waals surface area contributed by atoms with Gasteiger partial charge in [0.25, 0.3) is 0 Å². The molecule has 0 bridgehead atoms. The quantitative estimate of drug-likeness (QED) is 0.910. The summed E-state index contributed by atoms with van der Waals surface area (Å²) in [5.74, 6) is 0.113. The van der Waals surface area contributed by atoms with Crippen molar-refractivity contribution in [3.8, 4) is 10.4 Å². The normalized spacial score (nSPS) is 18.4. The molecule has 19 heavy (non-hydrogen) atoms. The number of urea groups is 1. The van der Waals surface area contributed by atoms with Gasteiger partial charge in [0.2, 0.25) is 0 Å². The van der Waals surface area contributed by atoms with Crippen molar-refractivity contribution < 1.29 is 4.79 Å². The smallest absolute Gasteiger partial charge is 0.368 e. The van der Waals surface area contributed by atoms with E-state index in [-0.39, 0.29) is 5.92 Å². The van der Waals surface area contributed by atoms with Crippen molar-refractivity contribution in [1.82, 2.24) is 0 Å². The van der Waals surface area contributed by atoms with E-state index < -0.39 is 6.03 Å². The second-order valence-corrected chi connectivity index (χ2v) is 5.26. The summed E-state index contributed by atoms with van der Waals surface area (Å²) >= 11 is 1.63. The van der Waals surface area contributed by atoms with E-state index in [1.54, 1.807) is 17.6 Å². The molecule has 0 saturated carbocycles. The summed E-state index contributed by atoms with van der Waals surface area (Å²) in [6.45, 7) is 0. The number of thiophene rings is 1. The van der Waals surface area contributed by atoms with Crippen LogP contribution in [-0.4, -0.2) is 18.1 Å². The van der Waals surface area contributed by atoms with Gasteiger partial charge in [-0.2, -0.15) is 4.99 Å². The van der Waals surface area contributed by atoms with Crippen molar-refractivity contribution in [3.63, 3.8) is 0 Å². The number of rotatable bonds is 2. The number of nitrogens with two attached hydrogens (primary N) is 1. The first kappa shape index (κ1) is 11.8.